The van der Waals surface area contributed by atoms with Gasteiger partial charge in [-0.1, -0.05) is 36.7 Å². The SMILES string of the molecule is Cc1ccccc1N1CCN(C(=O)OCC(C)C(C)(c2cc(F)ccc2F)S(=O)(=O)c2ccc(Cl)cc2)CC1. The molecule has 1 fully saturated rings. The molecule has 2 atom stereocenters. The van der Waals surface area contributed by atoms with E-state index in [2.05, 4.69) is 4.90 Å². The van der Waals surface area contributed by atoms with Crippen LogP contribution in [0.15, 0.2) is 71.6 Å². The number of hydrogen-bond acceptors (Lipinski definition) is 5. The van der Waals surface area contributed by atoms with E-state index in [1.165, 1.54) is 31.2 Å². The molecule has 0 spiro atoms. The number of anilines is 1. The molecule has 39 heavy (non-hydrogen) atoms. The highest BCUT2D eigenvalue weighted by atomic mass is 35.5. The van der Waals surface area contributed by atoms with Gasteiger partial charge in [-0.15, -0.1) is 0 Å². The fourth-order valence-corrected chi connectivity index (χ4v) is 7.06. The molecule has 2 unspecified atom stereocenters. The van der Waals surface area contributed by atoms with Crippen LogP contribution in [0, 0.1) is 24.5 Å². The minimum Gasteiger partial charge on any atom is -0.449 e. The van der Waals surface area contributed by atoms with Gasteiger partial charge in [0, 0.05) is 48.4 Å². The molecule has 0 bridgehead atoms. The van der Waals surface area contributed by atoms with E-state index in [-0.39, 0.29) is 17.1 Å². The average molecular weight is 577 g/mol. The summed E-state index contributed by atoms with van der Waals surface area (Å²) in [6.07, 6.45) is -0.586. The van der Waals surface area contributed by atoms with Gasteiger partial charge in [0.25, 0.3) is 0 Å². The number of carbonyl (C=O) groups excluding carboxylic acids is 1. The van der Waals surface area contributed by atoms with Gasteiger partial charge < -0.3 is 14.5 Å². The van der Waals surface area contributed by atoms with Crippen LogP contribution in [0.5, 0.6) is 0 Å². The first-order valence-electron chi connectivity index (χ1n) is 12.6. The van der Waals surface area contributed by atoms with Gasteiger partial charge in [0.15, 0.2) is 9.84 Å². The van der Waals surface area contributed by atoms with Crippen molar-refractivity contribution in [1.82, 2.24) is 4.90 Å². The highest BCUT2D eigenvalue weighted by Crippen LogP contribution is 2.43. The molecular formula is C29H31ClF2N2O4S. The van der Waals surface area contributed by atoms with Crippen molar-refractivity contribution >= 4 is 33.2 Å². The Morgan fingerprint density at radius 2 is 1.67 bits per heavy atom. The molecule has 0 aromatic heterocycles. The van der Waals surface area contributed by atoms with E-state index >= 15 is 4.39 Å². The molecule has 6 nitrogen and oxygen atoms in total. The van der Waals surface area contributed by atoms with Gasteiger partial charge in [-0.2, -0.15) is 0 Å². The molecule has 0 N–H and O–H groups in total. The zero-order chi connectivity index (χ0) is 28.4. The number of amides is 1. The summed E-state index contributed by atoms with van der Waals surface area (Å²) in [6, 6.07) is 16.2. The number of halogens is 3. The normalized spacial score (nSPS) is 16.5. The Balaban J connectivity index is 1.53. The first-order chi connectivity index (χ1) is 18.4. The predicted octanol–water partition coefficient (Wildman–Crippen LogP) is 6.21. The standard InChI is InChI=1S/C29H31ClF2N2O4S/c1-20-6-4-5-7-27(20)33-14-16-34(17-15-33)28(35)38-19-21(2)29(3,25-18-23(31)10-13-26(25)32)39(36,37)24-11-8-22(30)9-12-24/h4-13,18,21H,14-17,19H2,1-3H3. The number of carbonyl (C=O) groups is 1. The number of para-hydroxylation sites is 1. The van der Waals surface area contributed by atoms with Crippen molar-refractivity contribution in [2.75, 3.05) is 37.7 Å². The number of nitrogens with zero attached hydrogens (tertiary/aromatic N) is 2. The lowest BCUT2D eigenvalue weighted by Crippen LogP contribution is -2.50. The molecule has 0 aliphatic carbocycles. The highest BCUT2D eigenvalue weighted by molar-refractivity contribution is 7.92. The summed E-state index contributed by atoms with van der Waals surface area (Å²) in [7, 11) is -4.30. The summed E-state index contributed by atoms with van der Waals surface area (Å²) in [5, 5.41) is 0.331. The molecule has 3 aromatic rings. The maximum absolute atomic E-state index is 15.1. The lowest BCUT2D eigenvalue weighted by Gasteiger charge is -2.38. The molecule has 1 aliphatic heterocycles. The molecule has 1 aliphatic rings. The quantitative estimate of drug-likeness (QED) is 0.334. The molecular weight excluding hydrogens is 546 g/mol. The highest BCUT2D eigenvalue weighted by Gasteiger charge is 2.49. The second-order valence-electron chi connectivity index (χ2n) is 9.93. The van der Waals surface area contributed by atoms with Crippen LogP contribution in [0.1, 0.15) is 25.0 Å². The second-order valence-corrected chi connectivity index (χ2v) is 12.7. The van der Waals surface area contributed by atoms with E-state index in [0.29, 0.717) is 31.2 Å². The third-order valence-electron chi connectivity index (χ3n) is 7.54. The fraction of sp³-hybridized carbons (Fsp3) is 0.345. The number of sulfone groups is 1. The van der Waals surface area contributed by atoms with Crippen LogP contribution in [0.3, 0.4) is 0 Å². The number of piperazine rings is 1. The van der Waals surface area contributed by atoms with Gasteiger partial charge in [0.2, 0.25) is 0 Å². The molecule has 4 rings (SSSR count). The van der Waals surface area contributed by atoms with Crippen molar-refractivity contribution < 1.29 is 26.7 Å². The van der Waals surface area contributed by atoms with Crippen molar-refractivity contribution in [2.45, 2.75) is 30.4 Å². The Morgan fingerprint density at radius 1 is 1.03 bits per heavy atom. The largest absolute Gasteiger partial charge is 0.449 e. The van der Waals surface area contributed by atoms with Crippen molar-refractivity contribution in [3.8, 4) is 0 Å². The first-order valence-corrected chi connectivity index (χ1v) is 14.5. The van der Waals surface area contributed by atoms with Crippen LogP contribution < -0.4 is 4.90 Å². The van der Waals surface area contributed by atoms with Crippen LogP contribution in [-0.4, -0.2) is 52.2 Å². The number of benzene rings is 3. The second kappa shape index (κ2) is 11.5. The Morgan fingerprint density at radius 3 is 2.31 bits per heavy atom. The molecule has 1 saturated heterocycles. The summed E-state index contributed by atoms with van der Waals surface area (Å²) in [6.45, 7) is 6.68. The van der Waals surface area contributed by atoms with Gasteiger partial charge in [0.1, 0.15) is 16.4 Å². The summed E-state index contributed by atoms with van der Waals surface area (Å²) in [5.41, 5.74) is 1.92. The van der Waals surface area contributed by atoms with Crippen molar-refractivity contribution in [3.05, 3.63) is 94.5 Å². The molecule has 208 valence electrons. The Kier molecular flexibility index (Phi) is 8.51. The van der Waals surface area contributed by atoms with E-state index < -0.39 is 38.2 Å². The molecule has 1 amide bonds. The number of aryl methyl sites for hydroxylation is 1. The van der Waals surface area contributed by atoms with E-state index in [1.807, 2.05) is 31.2 Å². The maximum Gasteiger partial charge on any atom is 0.409 e. The first kappa shape index (κ1) is 28.8. The van der Waals surface area contributed by atoms with Crippen molar-refractivity contribution in [3.63, 3.8) is 0 Å². The average Bonchev–Trinajstić information content (AvgIpc) is 2.93. The van der Waals surface area contributed by atoms with Crippen molar-refractivity contribution in [2.24, 2.45) is 5.92 Å². The van der Waals surface area contributed by atoms with E-state index in [0.717, 1.165) is 29.4 Å². The van der Waals surface area contributed by atoms with Gasteiger partial charge in [-0.3, -0.25) is 0 Å². The van der Waals surface area contributed by atoms with Crippen LogP contribution in [0.25, 0.3) is 0 Å². The van der Waals surface area contributed by atoms with E-state index in [4.69, 9.17) is 16.3 Å². The molecule has 10 heteroatoms. The summed E-state index contributed by atoms with van der Waals surface area (Å²) < 4.78 is 60.8. The molecule has 1 heterocycles. The zero-order valence-electron chi connectivity index (χ0n) is 22.0. The van der Waals surface area contributed by atoms with Crippen LogP contribution in [-0.2, 0) is 19.3 Å². The molecule has 0 radical (unpaired) electrons. The Labute approximate surface area is 233 Å². The van der Waals surface area contributed by atoms with Gasteiger partial charge in [-0.25, -0.2) is 22.0 Å². The predicted molar refractivity (Wildman–Crippen MR) is 148 cm³/mol. The third kappa shape index (κ3) is 5.75. The van der Waals surface area contributed by atoms with Gasteiger partial charge in [0.05, 0.1) is 11.5 Å². The van der Waals surface area contributed by atoms with Crippen molar-refractivity contribution in [1.29, 1.82) is 0 Å². The lowest BCUT2D eigenvalue weighted by molar-refractivity contribution is 0.0814. The monoisotopic (exact) mass is 576 g/mol. The zero-order valence-corrected chi connectivity index (χ0v) is 23.6. The van der Waals surface area contributed by atoms with Crippen LogP contribution >= 0.6 is 11.6 Å². The van der Waals surface area contributed by atoms with Crippen LogP contribution in [0.4, 0.5) is 19.3 Å². The van der Waals surface area contributed by atoms with E-state index in [1.54, 1.807) is 11.8 Å². The Hall–Kier alpha value is -3.17. The smallest absolute Gasteiger partial charge is 0.409 e. The summed E-state index contributed by atoms with van der Waals surface area (Å²) in [5.74, 6) is -2.59. The summed E-state index contributed by atoms with van der Waals surface area (Å²) >= 11 is 5.94. The maximum atomic E-state index is 15.1. The van der Waals surface area contributed by atoms with Crippen LogP contribution in [0.2, 0.25) is 5.02 Å². The number of ether oxygens (including phenoxy) is 1. The minimum atomic E-state index is -4.30. The number of hydrogen-bond donors (Lipinski definition) is 0. The van der Waals surface area contributed by atoms with Gasteiger partial charge in [-0.05, 0) is 67.9 Å². The van der Waals surface area contributed by atoms with E-state index in [9.17, 15) is 17.6 Å². The van der Waals surface area contributed by atoms with Gasteiger partial charge >= 0.3 is 6.09 Å². The molecule has 3 aromatic carbocycles. The molecule has 0 saturated carbocycles. The third-order valence-corrected chi connectivity index (χ3v) is 10.4. The minimum absolute atomic E-state index is 0.108. The number of rotatable bonds is 7. The Bertz CT molecular complexity index is 1440. The topological polar surface area (TPSA) is 66.9 Å². The fourth-order valence-electron chi connectivity index (χ4n) is 4.91. The lowest BCUT2D eigenvalue weighted by atomic mass is 9.87. The summed E-state index contributed by atoms with van der Waals surface area (Å²) in [4.78, 5) is 16.6.